The quantitative estimate of drug-likeness (QED) is 0.785. The average Bonchev–Trinajstić information content (AvgIpc) is 2.52. The summed E-state index contributed by atoms with van der Waals surface area (Å²) >= 11 is 1.56. The van der Waals surface area contributed by atoms with Crippen molar-refractivity contribution in [3.63, 3.8) is 0 Å². The summed E-state index contributed by atoms with van der Waals surface area (Å²) in [5.41, 5.74) is 0.368. The number of likely N-dealkylation sites (tertiary alicyclic amines) is 1. The minimum Gasteiger partial charge on any atom is -0.444 e. The van der Waals surface area contributed by atoms with E-state index in [2.05, 4.69) is 9.97 Å². The van der Waals surface area contributed by atoms with E-state index in [1.54, 1.807) is 29.1 Å². The van der Waals surface area contributed by atoms with E-state index in [0.717, 1.165) is 30.1 Å². The third-order valence-electron chi connectivity index (χ3n) is 3.41. The van der Waals surface area contributed by atoms with Gasteiger partial charge in [0.25, 0.3) is 0 Å². The van der Waals surface area contributed by atoms with Crippen LogP contribution in [0, 0.1) is 0 Å². The van der Waals surface area contributed by atoms with Crippen LogP contribution < -0.4 is 0 Å². The molecule has 0 saturated carbocycles. The van der Waals surface area contributed by atoms with E-state index in [0.29, 0.717) is 13.2 Å². The molecule has 0 radical (unpaired) electrons. The minimum absolute atomic E-state index is 0.00739. The highest BCUT2D eigenvalue weighted by Gasteiger charge is 2.28. The molecule has 1 saturated heterocycles. The van der Waals surface area contributed by atoms with Gasteiger partial charge in [-0.3, -0.25) is 4.98 Å². The molecule has 6 nitrogen and oxygen atoms in total. The van der Waals surface area contributed by atoms with Gasteiger partial charge in [-0.1, -0.05) is 0 Å². The zero-order valence-electron chi connectivity index (χ0n) is 14.2. The maximum absolute atomic E-state index is 12.2. The lowest BCUT2D eigenvalue weighted by Crippen LogP contribution is -2.45. The number of amides is 1. The predicted molar refractivity (Wildman–Crippen MR) is 89.4 cm³/mol. The first-order valence-corrected chi connectivity index (χ1v) is 9.05. The fourth-order valence-electron chi connectivity index (χ4n) is 2.39. The number of thioether (sulfide) groups is 1. The molecule has 0 N–H and O–H groups in total. The highest BCUT2D eigenvalue weighted by atomic mass is 32.2. The maximum Gasteiger partial charge on any atom is 0.410 e. The first kappa shape index (κ1) is 18.0. The third kappa shape index (κ3) is 5.66. The number of ether oxygens (including phenoxy) is 2. The molecule has 1 aromatic heterocycles. The van der Waals surface area contributed by atoms with Crippen LogP contribution in [0.15, 0.2) is 17.4 Å². The second kappa shape index (κ2) is 7.97. The van der Waals surface area contributed by atoms with Crippen LogP contribution in [0.3, 0.4) is 0 Å². The Labute approximate surface area is 142 Å². The molecule has 1 atom stereocenters. The van der Waals surface area contributed by atoms with Gasteiger partial charge in [-0.25, -0.2) is 9.78 Å². The van der Waals surface area contributed by atoms with Crippen LogP contribution in [0.5, 0.6) is 0 Å². The molecule has 2 rings (SSSR count). The summed E-state index contributed by atoms with van der Waals surface area (Å²) in [5, 5.41) is 0.882. The number of carbonyl (C=O) groups excluding carboxylic acids is 1. The molecule has 0 unspecified atom stereocenters. The molecule has 128 valence electrons. The summed E-state index contributed by atoms with van der Waals surface area (Å²) in [7, 11) is 0. The lowest BCUT2D eigenvalue weighted by molar-refractivity contribution is -0.0272. The molecule has 0 aromatic carbocycles. The molecule has 0 spiro atoms. The molecule has 0 bridgehead atoms. The van der Waals surface area contributed by atoms with Gasteiger partial charge in [-0.05, 0) is 39.9 Å². The summed E-state index contributed by atoms with van der Waals surface area (Å²) in [4.78, 5) is 22.5. The van der Waals surface area contributed by atoms with Crippen molar-refractivity contribution in [2.75, 3.05) is 19.3 Å². The molecule has 7 heteroatoms. The Balaban J connectivity index is 1.88. The van der Waals surface area contributed by atoms with E-state index in [4.69, 9.17) is 9.47 Å². The zero-order valence-corrected chi connectivity index (χ0v) is 15.1. The van der Waals surface area contributed by atoms with Crippen molar-refractivity contribution >= 4 is 17.9 Å². The van der Waals surface area contributed by atoms with Crippen molar-refractivity contribution in [3.05, 3.63) is 18.1 Å². The van der Waals surface area contributed by atoms with Crippen LogP contribution in [0.2, 0.25) is 0 Å². The van der Waals surface area contributed by atoms with Gasteiger partial charge in [-0.2, -0.15) is 0 Å². The SMILES string of the molecule is CSc1nccnc1CO[C@@H]1CCCN(C(=O)OC(C)(C)C)C1. The molecular weight excluding hydrogens is 314 g/mol. The first-order chi connectivity index (χ1) is 10.9. The van der Waals surface area contributed by atoms with Gasteiger partial charge in [-0.15, -0.1) is 11.8 Å². The normalized spacial score (nSPS) is 18.8. The van der Waals surface area contributed by atoms with E-state index in [9.17, 15) is 4.79 Å². The van der Waals surface area contributed by atoms with Crippen molar-refractivity contribution in [1.29, 1.82) is 0 Å². The molecule has 1 aromatic rings. The van der Waals surface area contributed by atoms with Crippen LogP contribution in [0.4, 0.5) is 4.79 Å². The number of aromatic nitrogens is 2. The Morgan fingerprint density at radius 3 is 2.83 bits per heavy atom. The van der Waals surface area contributed by atoms with Gasteiger partial charge >= 0.3 is 6.09 Å². The Hall–Kier alpha value is -1.34. The minimum atomic E-state index is -0.474. The van der Waals surface area contributed by atoms with Gasteiger partial charge in [0.2, 0.25) is 0 Å². The molecule has 1 amide bonds. The van der Waals surface area contributed by atoms with Crippen LogP contribution in [-0.4, -0.2) is 52.0 Å². The Morgan fingerprint density at radius 1 is 1.39 bits per heavy atom. The monoisotopic (exact) mass is 339 g/mol. The van der Waals surface area contributed by atoms with Crippen LogP contribution in [0.1, 0.15) is 39.3 Å². The number of carbonyl (C=O) groups is 1. The number of nitrogens with zero attached hydrogens (tertiary/aromatic N) is 3. The molecule has 1 aliphatic rings. The van der Waals surface area contributed by atoms with Crippen molar-refractivity contribution < 1.29 is 14.3 Å². The predicted octanol–water partition coefficient (Wildman–Crippen LogP) is 3.11. The van der Waals surface area contributed by atoms with Crippen molar-refractivity contribution in [2.45, 2.75) is 57.0 Å². The highest BCUT2D eigenvalue weighted by molar-refractivity contribution is 7.98. The van der Waals surface area contributed by atoms with Crippen LogP contribution >= 0.6 is 11.8 Å². The highest BCUT2D eigenvalue weighted by Crippen LogP contribution is 2.20. The molecule has 0 aliphatic carbocycles. The Morgan fingerprint density at radius 2 is 2.13 bits per heavy atom. The number of hydrogen-bond donors (Lipinski definition) is 0. The fraction of sp³-hybridized carbons (Fsp3) is 0.688. The summed E-state index contributed by atoms with van der Waals surface area (Å²) in [6.45, 7) is 7.32. The van der Waals surface area contributed by atoms with E-state index >= 15 is 0 Å². The van der Waals surface area contributed by atoms with Crippen molar-refractivity contribution in [3.8, 4) is 0 Å². The summed E-state index contributed by atoms with van der Waals surface area (Å²) < 4.78 is 11.4. The maximum atomic E-state index is 12.2. The summed E-state index contributed by atoms with van der Waals surface area (Å²) in [6, 6.07) is 0. The van der Waals surface area contributed by atoms with E-state index < -0.39 is 5.60 Å². The smallest absolute Gasteiger partial charge is 0.410 e. The van der Waals surface area contributed by atoms with E-state index in [-0.39, 0.29) is 12.2 Å². The third-order valence-corrected chi connectivity index (χ3v) is 4.14. The molecule has 1 aliphatic heterocycles. The molecule has 1 fully saturated rings. The Bertz CT molecular complexity index is 534. The number of piperidine rings is 1. The standard InChI is InChI=1S/C16H25N3O3S/c1-16(2,3)22-15(20)19-9-5-6-12(10-19)21-11-13-14(23-4)18-8-7-17-13/h7-8,12H,5-6,9-11H2,1-4H3/t12-/m1/s1. The number of hydrogen-bond acceptors (Lipinski definition) is 6. The van der Waals surface area contributed by atoms with E-state index in [1.807, 2.05) is 27.0 Å². The lowest BCUT2D eigenvalue weighted by Gasteiger charge is -2.34. The van der Waals surface area contributed by atoms with Crippen molar-refractivity contribution in [1.82, 2.24) is 14.9 Å². The van der Waals surface area contributed by atoms with Gasteiger partial charge < -0.3 is 14.4 Å². The van der Waals surface area contributed by atoms with Gasteiger partial charge in [0.05, 0.1) is 24.9 Å². The van der Waals surface area contributed by atoms with Crippen LogP contribution in [0.25, 0.3) is 0 Å². The molecule has 23 heavy (non-hydrogen) atoms. The lowest BCUT2D eigenvalue weighted by atomic mass is 10.1. The molecule has 2 heterocycles. The van der Waals surface area contributed by atoms with Crippen molar-refractivity contribution in [2.24, 2.45) is 0 Å². The number of rotatable bonds is 4. The topological polar surface area (TPSA) is 64.6 Å². The van der Waals surface area contributed by atoms with Gasteiger partial charge in [0.15, 0.2) is 0 Å². The van der Waals surface area contributed by atoms with E-state index in [1.165, 1.54) is 0 Å². The van der Waals surface area contributed by atoms with Crippen LogP contribution in [-0.2, 0) is 16.1 Å². The zero-order chi connectivity index (χ0) is 16.9. The fourth-order valence-corrected chi connectivity index (χ4v) is 2.90. The van der Waals surface area contributed by atoms with Gasteiger partial charge in [0.1, 0.15) is 10.6 Å². The largest absolute Gasteiger partial charge is 0.444 e. The Kier molecular flexibility index (Phi) is 6.24. The average molecular weight is 339 g/mol. The summed E-state index contributed by atoms with van der Waals surface area (Å²) in [6.07, 6.45) is 6.92. The molecular formula is C16H25N3O3S. The first-order valence-electron chi connectivity index (χ1n) is 7.82. The second-order valence-electron chi connectivity index (χ2n) is 6.51. The summed E-state index contributed by atoms with van der Waals surface area (Å²) in [5.74, 6) is 0. The second-order valence-corrected chi connectivity index (χ2v) is 7.31. The van der Waals surface area contributed by atoms with Gasteiger partial charge in [0, 0.05) is 18.9 Å².